The van der Waals surface area contributed by atoms with Crippen LogP contribution in [-0.2, 0) is 16.5 Å². The third kappa shape index (κ3) is 3.93. The quantitative estimate of drug-likeness (QED) is 0.592. The van der Waals surface area contributed by atoms with E-state index in [9.17, 15) is 4.79 Å². The predicted octanol–water partition coefficient (Wildman–Crippen LogP) is 3.81. The van der Waals surface area contributed by atoms with Crippen LogP contribution in [0, 0.1) is 0 Å². The number of alkyl halides is 2. The molecule has 0 aliphatic rings. The van der Waals surface area contributed by atoms with Crippen molar-refractivity contribution in [3.8, 4) is 0 Å². The molecule has 0 aromatic heterocycles. The Hall–Kier alpha value is 0.200. The van der Waals surface area contributed by atoms with Crippen molar-refractivity contribution >= 4 is 49.4 Å². The fourth-order valence-electron chi connectivity index (χ4n) is 1.28. The van der Waals surface area contributed by atoms with Crippen LogP contribution in [0.4, 0.5) is 0 Å². The van der Waals surface area contributed by atoms with Crippen LogP contribution in [0.2, 0.25) is 0 Å². The molecule has 0 amide bonds. The molecule has 15 heavy (non-hydrogen) atoms. The summed E-state index contributed by atoms with van der Waals surface area (Å²) in [5.41, 5.74) is 2.37. The van der Waals surface area contributed by atoms with Crippen molar-refractivity contribution in [1.29, 1.82) is 0 Å². The minimum Gasteiger partial charge on any atom is -0.298 e. The van der Waals surface area contributed by atoms with Gasteiger partial charge in [0.2, 0.25) is 0 Å². The van der Waals surface area contributed by atoms with Crippen LogP contribution in [0.3, 0.4) is 0 Å². The Morgan fingerprint density at radius 3 is 2.67 bits per heavy atom. The van der Waals surface area contributed by atoms with Crippen molar-refractivity contribution in [2.45, 2.75) is 16.6 Å². The number of halogens is 2. The summed E-state index contributed by atoms with van der Waals surface area (Å²) >= 11 is 8.30. The van der Waals surface area contributed by atoms with Crippen LogP contribution in [0.15, 0.2) is 23.1 Å². The van der Waals surface area contributed by atoms with Gasteiger partial charge in [-0.3, -0.25) is 4.79 Å². The summed E-state index contributed by atoms with van der Waals surface area (Å²) in [7, 11) is 0. The Morgan fingerprint density at radius 2 is 2.13 bits per heavy atom. The Morgan fingerprint density at radius 1 is 1.40 bits per heavy atom. The van der Waals surface area contributed by atoms with Crippen molar-refractivity contribution in [2.24, 2.45) is 0 Å². The number of rotatable bonds is 5. The van der Waals surface area contributed by atoms with Crippen LogP contribution in [0.5, 0.6) is 0 Å². The Balaban J connectivity index is 2.92. The third-order valence-corrected chi connectivity index (χ3v) is 4.14. The molecule has 0 atom stereocenters. The molecule has 1 aromatic carbocycles. The van der Waals surface area contributed by atoms with Gasteiger partial charge in [0.05, 0.1) is 5.33 Å². The maximum Gasteiger partial charge on any atom is 0.147 e. The summed E-state index contributed by atoms with van der Waals surface area (Å²) in [6.45, 7) is 0. The van der Waals surface area contributed by atoms with Gasteiger partial charge in [-0.1, -0.05) is 44.0 Å². The summed E-state index contributed by atoms with van der Waals surface area (Å²) in [4.78, 5) is 12.5. The van der Waals surface area contributed by atoms with E-state index in [2.05, 4.69) is 44.0 Å². The van der Waals surface area contributed by atoms with Gasteiger partial charge in [0.1, 0.15) is 5.78 Å². The molecule has 0 saturated carbocycles. The van der Waals surface area contributed by atoms with E-state index in [4.69, 9.17) is 0 Å². The molecule has 0 fully saturated rings. The maximum absolute atomic E-state index is 11.3. The third-order valence-electron chi connectivity index (χ3n) is 2.04. The minimum absolute atomic E-state index is 0.219. The summed E-state index contributed by atoms with van der Waals surface area (Å²) in [5, 5.41) is 1.29. The van der Waals surface area contributed by atoms with Gasteiger partial charge in [-0.05, 0) is 23.4 Å². The lowest BCUT2D eigenvalue weighted by Gasteiger charge is -2.07. The average Bonchev–Trinajstić information content (AvgIpc) is 2.29. The van der Waals surface area contributed by atoms with Gasteiger partial charge in [0, 0.05) is 16.6 Å². The molecule has 1 rings (SSSR count). The standard InChI is InChI=1S/C11H12Br2OS/c1-15-11-4-8(6-12)2-3-9(11)5-10(14)7-13/h2-4H,5-7H2,1H3. The number of carbonyl (C=O) groups is 1. The molecular formula is C11H12Br2OS. The highest BCUT2D eigenvalue weighted by Crippen LogP contribution is 2.23. The van der Waals surface area contributed by atoms with E-state index in [0.29, 0.717) is 11.8 Å². The molecule has 82 valence electrons. The highest BCUT2D eigenvalue weighted by atomic mass is 79.9. The number of hydrogen-bond donors (Lipinski definition) is 0. The normalized spacial score (nSPS) is 10.3. The fourth-order valence-corrected chi connectivity index (χ4v) is 2.50. The van der Waals surface area contributed by atoms with Crippen molar-refractivity contribution in [3.63, 3.8) is 0 Å². The maximum atomic E-state index is 11.3. The summed E-state index contributed by atoms with van der Waals surface area (Å²) < 4.78 is 0. The molecule has 4 heteroatoms. The molecule has 0 bridgehead atoms. The molecule has 0 heterocycles. The van der Waals surface area contributed by atoms with E-state index in [1.807, 2.05) is 12.3 Å². The Kier molecular flexibility index (Phi) is 5.94. The van der Waals surface area contributed by atoms with Crippen LogP contribution in [0.25, 0.3) is 0 Å². The smallest absolute Gasteiger partial charge is 0.147 e. The van der Waals surface area contributed by atoms with Crippen molar-refractivity contribution in [1.82, 2.24) is 0 Å². The molecule has 0 radical (unpaired) electrons. The Bertz CT molecular complexity index is 352. The first-order valence-electron chi connectivity index (χ1n) is 4.50. The monoisotopic (exact) mass is 350 g/mol. The first-order chi connectivity index (χ1) is 7.21. The topological polar surface area (TPSA) is 17.1 Å². The van der Waals surface area contributed by atoms with E-state index >= 15 is 0 Å². The zero-order chi connectivity index (χ0) is 11.3. The van der Waals surface area contributed by atoms with Crippen LogP contribution < -0.4 is 0 Å². The molecule has 0 spiro atoms. The number of benzene rings is 1. The molecule has 1 nitrogen and oxygen atoms in total. The zero-order valence-electron chi connectivity index (χ0n) is 8.43. The lowest BCUT2D eigenvalue weighted by atomic mass is 10.1. The molecule has 0 aliphatic carbocycles. The second-order valence-electron chi connectivity index (χ2n) is 3.13. The number of Topliss-reactive ketones (excluding diaryl/α,β-unsaturated/α-hetero) is 1. The Labute approximate surface area is 111 Å². The SMILES string of the molecule is CSc1cc(CBr)ccc1CC(=O)CBr. The minimum atomic E-state index is 0.219. The van der Waals surface area contributed by atoms with E-state index < -0.39 is 0 Å². The summed E-state index contributed by atoms with van der Waals surface area (Å²) in [6, 6.07) is 6.24. The number of thioether (sulfide) groups is 1. The summed E-state index contributed by atoms with van der Waals surface area (Å²) in [5.74, 6) is 0.219. The van der Waals surface area contributed by atoms with Gasteiger partial charge < -0.3 is 0 Å². The number of carbonyl (C=O) groups excluding carboxylic acids is 1. The number of hydrogen-bond acceptors (Lipinski definition) is 2. The van der Waals surface area contributed by atoms with Gasteiger partial charge in [-0.15, -0.1) is 11.8 Å². The van der Waals surface area contributed by atoms with Gasteiger partial charge in [0.25, 0.3) is 0 Å². The second-order valence-corrected chi connectivity index (χ2v) is 5.10. The van der Waals surface area contributed by atoms with Crippen LogP contribution in [-0.4, -0.2) is 17.4 Å². The lowest BCUT2D eigenvalue weighted by molar-refractivity contribution is -0.115. The molecule has 1 aromatic rings. The molecule has 0 unspecified atom stereocenters. The van der Waals surface area contributed by atoms with Crippen molar-refractivity contribution in [3.05, 3.63) is 29.3 Å². The predicted molar refractivity (Wildman–Crippen MR) is 73.4 cm³/mol. The average molecular weight is 352 g/mol. The lowest BCUT2D eigenvalue weighted by Crippen LogP contribution is -2.04. The van der Waals surface area contributed by atoms with E-state index in [0.717, 1.165) is 10.9 Å². The zero-order valence-corrected chi connectivity index (χ0v) is 12.4. The van der Waals surface area contributed by atoms with Crippen LogP contribution in [0.1, 0.15) is 11.1 Å². The first kappa shape index (κ1) is 13.3. The van der Waals surface area contributed by atoms with E-state index in [1.54, 1.807) is 11.8 Å². The summed E-state index contributed by atoms with van der Waals surface area (Å²) in [6.07, 6.45) is 2.56. The van der Waals surface area contributed by atoms with Gasteiger partial charge in [-0.25, -0.2) is 0 Å². The van der Waals surface area contributed by atoms with Gasteiger partial charge in [-0.2, -0.15) is 0 Å². The van der Waals surface area contributed by atoms with Crippen molar-refractivity contribution < 1.29 is 4.79 Å². The largest absolute Gasteiger partial charge is 0.298 e. The van der Waals surface area contributed by atoms with Gasteiger partial charge in [0.15, 0.2) is 0 Å². The second kappa shape index (κ2) is 6.71. The molecule has 0 N–H and O–H groups in total. The first-order valence-corrected chi connectivity index (χ1v) is 7.97. The molecule has 0 saturated heterocycles. The fraction of sp³-hybridized carbons (Fsp3) is 0.364. The highest BCUT2D eigenvalue weighted by molar-refractivity contribution is 9.09. The van der Waals surface area contributed by atoms with E-state index in [-0.39, 0.29) is 5.78 Å². The molecule has 0 aliphatic heterocycles. The van der Waals surface area contributed by atoms with E-state index in [1.165, 1.54) is 10.5 Å². The highest BCUT2D eigenvalue weighted by Gasteiger charge is 2.07. The van der Waals surface area contributed by atoms with Crippen LogP contribution >= 0.6 is 43.6 Å². The van der Waals surface area contributed by atoms with Crippen molar-refractivity contribution in [2.75, 3.05) is 11.6 Å². The molecular weight excluding hydrogens is 340 g/mol. The number of ketones is 1. The van der Waals surface area contributed by atoms with Gasteiger partial charge >= 0.3 is 0 Å².